The van der Waals surface area contributed by atoms with E-state index in [9.17, 15) is 4.39 Å². The number of rotatable bonds is 2. The third-order valence-corrected chi connectivity index (χ3v) is 3.04. The lowest BCUT2D eigenvalue weighted by Gasteiger charge is -2.14. The van der Waals surface area contributed by atoms with Crippen molar-refractivity contribution in [2.45, 2.75) is 19.8 Å². The summed E-state index contributed by atoms with van der Waals surface area (Å²) in [5, 5.41) is 0.691. The van der Waals surface area contributed by atoms with Gasteiger partial charge in [-0.1, -0.05) is 49.7 Å². The SMILES string of the molecule is CC(C)c1c(F)cccc1-c1ccc(Cl)cc1. The highest BCUT2D eigenvalue weighted by molar-refractivity contribution is 6.30. The van der Waals surface area contributed by atoms with Crippen molar-refractivity contribution in [2.75, 3.05) is 0 Å². The van der Waals surface area contributed by atoms with E-state index in [-0.39, 0.29) is 11.7 Å². The Kier molecular flexibility index (Phi) is 3.49. The zero-order valence-corrected chi connectivity index (χ0v) is 10.6. The van der Waals surface area contributed by atoms with Gasteiger partial charge in [-0.2, -0.15) is 0 Å². The van der Waals surface area contributed by atoms with Crippen LogP contribution in [-0.4, -0.2) is 0 Å². The highest BCUT2D eigenvalue weighted by Crippen LogP contribution is 2.31. The van der Waals surface area contributed by atoms with E-state index in [1.807, 2.05) is 44.2 Å². The zero-order valence-electron chi connectivity index (χ0n) is 9.87. The van der Waals surface area contributed by atoms with Gasteiger partial charge in [0.1, 0.15) is 5.82 Å². The van der Waals surface area contributed by atoms with Gasteiger partial charge in [0, 0.05) is 5.02 Å². The molecule has 0 spiro atoms. The van der Waals surface area contributed by atoms with Gasteiger partial charge in [0.15, 0.2) is 0 Å². The zero-order chi connectivity index (χ0) is 12.4. The predicted octanol–water partition coefficient (Wildman–Crippen LogP) is 5.27. The van der Waals surface area contributed by atoms with E-state index >= 15 is 0 Å². The molecule has 0 saturated carbocycles. The van der Waals surface area contributed by atoms with Crippen molar-refractivity contribution in [3.8, 4) is 11.1 Å². The van der Waals surface area contributed by atoms with Gasteiger partial charge in [-0.25, -0.2) is 4.39 Å². The third-order valence-electron chi connectivity index (χ3n) is 2.79. The Morgan fingerprint density at radius 3 is 2.24 bits per heavy atom. The maximum atomic E-state index is 13.8. The topological polar surface area (TPSA) is 0 Å². The minimum Gasteiger partial charge on any atom is -0.207 e. The number of halogens is 2. The molecule has 0 atom stereocenters. The minimum absolute atomic E-state index is 0.146. The molecule has 0 unspecified atom stereocenters. The highest BCUT2D eigenvalue weighted by atomic mass is 35.5. The maximum absolute atomic E-state index is 13.8. The second-order valence-corrected chi connectivity index (χ2v) is 4.80. The second kappa shape index (κ2) is 4.89. The molecule has 0 aliphatic carbocycles. The maximum Gasteiger partial charge on any atom is 0.127 e. The Morgan fingerprint density at radius 1 is 1.00 bits per heavy atom. The summed E-state index contributed by atoms with van der Waals surface area (Å²) >= 11 is 5.86. The molecule has 0 aromatic heterocycles. The van der Waals surface area contributed by atoms with Gasteiger partial charge in [-0.05, 0) is 40.8 Å². The predicted molar refractivity (Wildman–Crippen MR) is 70.9 cm³/mol. The Labute approximate surface area is 106 Å². The standard InChI is InChI=1S/C15H14ClF/c1-10(2)15-13(4-3-5-14(15)17)11-6-8-12(16)9-7-11/h3-10H,1-2H3. The molecule has 88 valence electrons. The van der Waals surface area contributed by atoms with Crippen LogP contribution in [-0.2, 0) is 0 Å². The molecular weight excluding hydrogens is 235 g/mol. The summed E-state index contributed by atoms with van der Waals surface area (Å²) in [6.07, 6.45) is 0. The van der Waals surface area contributed by atoms with Crippen molar-refractivity contribution in [3.05, 3.63) is 58.9 Å². The summed E-state index contributed by atoms with van der Waals surface area (Å²) < 4.78 is 13.8. The Bertz CT molecular complexity index is 515. The van der Waals surface area contributed by atoms with Gasteiger partial charge in [-0.15, -0.1) is 0 Å². The largest absolute Gasteiger partial charge is 0.207 e. The van der Waals surface area contributed by atoms with E-state index < -0.39 is 0 Å². The van der Waals surface area contributed by atoms with Crippen molar-refractivity contribution in [1.29, 1.82) is 0 Å². The van der Waals surface area contributed by atoms with E-state index in [2.05, 4.69) is 0 Å². The van der Waals surface area contributed by atoms with Crippen LogP contribution in [0.15, 0.2) is 42.5 Å². The first-order valence-corrected chi connectivity index (χ1v) is 6.01. The van der Waals surface area contributed by atoms with Crippen molar-refractivity contribution < 1.29 is 4.39 Å². The van der Waals surface area contributed by atoms with Gasteiger partial charge < -0.3 is 0 Å². The summed E-state index contributed by atoms with van der Waals surface area (Å²) in [5.74, 6) is 0.00864. The van der Waals surface area contributed by atoms with Crippen LogP contribution in [0.3, 0.4) is 0 Å². The first-order valence-electron chi connectivity index (χ1n) is 5.64. The van der Waals surface area contributed by atoms with Crippen LogP contribution < -0.4 is 0 Å². The molecule has 0 bridgehead atoms. The molecular formula is C15H14ClF. The molecule has 0 nitrogen and oxygen atoms in total. The van der Waals surface area contributed by atoms with Crippen molar-refractivity contribution in [2.24, 2.45) is 0 Å². The quantitative estimate of drug-likeness (QED) is 0.679. The minimum atomic E-state index is -0.146. The number of benzene rings is 2. The van der Waals surface area contributed by atoms with E-state index in [1.54, 1.807) is 6.07 Å². The van der Waals surface area contributed by atoms with Gasteiger partial charge in [0.2, 0.25) is 0 Å². The molecule has 17 heavy (non-hydrogen) atoms. The summed E-state index contributed by atoms with van der Waals surface area (Å²) in [5.41, 5.74) is 2.70. The lowest BCUT2D eigenvalue weighted by atomic mass is 9.92. The number of hydrogen-bond acceptors (Lipinski definition) is 0. The fraction of sp³-hybridized carbons (Fsp3) is 0.200. The molecule has 0 radical (unpaired) electrons. The van der Waals surface area contributed by atoms with Gasteiger partial charge in [0.25, 0.3) is 0 Å². The molecule has 2 aromatic rings. The average Bonchev–Trinajstić information content (AvgIpc) is 2.29. The molecule has 0 amide bonds. The van der Waals surface area contributed by atoms with Crippen LogP contribution in [0.5, 0.6) is 0 Å². The molecule has 0 heterocycles. The molecule has 0 aliphatic rings. The summed E-state index contributed by atoms with van der Waals surface area (Å²) in [4.78, 5) is 0. The molecule has 0 N–H and O–H groups in total. The van der Waals surface area contributed by atoms with Crippen LogP contribution in [0, 0.1) is 5.82 Å². The Morgan fingerprint density at radius 2 is 1.65 bits per heavy atom. The van der Waals surface area contributed by atoms with Crippen molar-refractivity contribution >= 4 is 11.6 Å². The second-order valence-electron chi connectivity index (χ2n) is 4.36. The van der Waals surface area contributed by atoms with Gasteiger partial charge in [0.05, 0.1) is 0 Å². The lowest BCUT2D eigenvalue weighted by Crippen LogP contribution is -1.96. The van der Waals surface area contributed by atoms with Crippen LogP contribution in [0.1, 0.15) is 25.3 Å². The average molecular weight is 249 g/mol. The fourth-order valence-corrected chi connectivity index (χ4v) is 2.13. The van der Waals surface area contributed by atoms with Crippen molar-refractivity contribution in [1.82, 2.24) is 0 Å². The lowest BCUT2D eigenvalue weighted by molar-refractivity contribution is 0.599. The first kappa shape index (κ1) is 12.1. The molecule has 0 saturated heterocycles. The van der Waals surface area contributed by atoms with E-state index in [0.29, 0.717) is 5.02 Å². The summed E-state index contributed by atoms with van der Waals surface area (Å²) in [6, 6.07) is 12.7. The Hall–Kier alpha value is -1.34. The van der Waals surface area contributed by atoms with Crippen LogP contribution >= 0.6 is 11.6 Å². The molecule has 2 heteroatoms. The summed E-state index contributed by atoms with van der Waals surface area (Å²) in [7, 11) is 0. The molecule has 2 aromatic carbocycles. The third kappa shape index (κ3) is 2.50. The van der Waals surface area contributed by atoms with Gasteiger partial charge >= 0.3 is 0 Å². The summed E-state index contributed by atoms with van der Waals surface area (Å²) in [6.45, 7) is 4.00. The smallest absolute Gasteiger partial charge is 0.127 e. The van der Waals surface area contributed by atoms with E-state index in [1.165, 1.54) is 6.07 Å². The fourth-order valence-electron chi connectivity index (χ4n) is 2.00. The van der Waals surface area contributed by atoms with Crippen LogP contribution in [0.4, 0.5) is 4.39 Å². The van der Waals surface area contributed by atoms with E-state index in [0.717, 1.165) is 16.7 Å². The highest BCUT2D eigenvalue weighted by Gasteiger charge is 2.13. The molecule has 0 fully saturated rings. The monoisotopic (exact) mass is 248 g/mol. The first-order chi connectivity index (χ1) is 8.09. The normalized spacial score (nSPS) is 10.9. The van der Waals surface area contributed by atoms with Crippen molar-refractivity contribution in [3.63, 3.8) is 0 Å². The number of hydrogen-bond donors (Lipinski definition) is 0. The van der Waals surface area contributed by atoms with Crippen LogP contribution in [0.25, 0.3) is 11.1 Å². The van der Waals surface area contributed by atoms with Gasteiger partial charge in [-0.3, -0.25) is 0 Å². The molecule has 2 rings (SSSR count). The Balaban J connectivity index is 2.59. The van der Waals surface area contributed by atoms with Crippen LogP contribution in [0.2, 0.25) is 5.02 Å². The molecule has 0 aliphatic heterocycles. The van der Waals surface area contributed by atoms with E-state index in [4.69, 9.17) is 11.6 Å².